The summed E-state index contributed by atoms with van der Waals surface area (Å²) in [6.45, 7) is 2.93. The summed E-state index contributed by atoms with van der Waals surface area (Å²) in [5, 5.41) is 2.96. The Kier molecular flexibility index (Phi) is 3.60. The number of amides is 1. The standard InChI is InChI=1S/C17H19N3O/c1-12-9-13-5-3-4-6-15(13)20(11-12)17(21)14-7-8-16(18-2)19-10-14/h3-8,10,12H,9,11H2,1-2H3,(H,18,19). The minimum Gasteiger partial charge on any atom is -0.373 e. The topological polar surface area (TPSA) is 45.2 Å². The number of aromatic nitrogens is 1. The Bertz CT molecular complexity index is 651. The lowest BCUT2D eigenvalue weighted by atomic mass is 9.93. The molecule has 0 aliphatic carbocycles. The maximum absolute atomic E-state index is 12.8. The van der Waals surface area contributed by atoms with E-state index in [2.05, 4.69) is 23.3 Å². The molecular weight excluding hydrogens is 262 g/mol. The molecule has 108 valence electrons. The van der Waals surface area contributed by atoms with Gasteiger partial charge in [-0.05, 0) is 36.1 Å². The first-order chi connectivity index (χ1) is 10.2. The van der Waals surface area contributed by atoms with Crippen molar-refractivity contribution in [2.75, 3.05) is 23.8 Å². The van der Waals surface area contributed by atoms with Crippen molar-refractivity contribution in [2.24, 2.45) is 5.92 Å². The Morgan fingerprint density at radius 3 is 2.81 bits per heavy atom. The van der Waals surface area contributed by atoms with Crippen LogP contribution < -0.4 is 10.2 Å². The highest BCUT2D eigenvalue weighted by Crippen LogP contribution is 2.30. The molecule has 1 N–H and O–H groups in total. The van der Waals surface area contributed by atoms with Crippen LogP contribution in [-0.2, 0) is 6.42 Å². The van der Waals surface area contributed by atoms with Crippen molar-refractivity contribution in [1.29, 1.82) is 0 Å². The predicted molar refractivity (Wildman–Crippen MR) is 84.8 cm³/mol. The molecule has 3 rings (SSSR count). The largest absolute Gasteiger partial charge is 0.373 e. The summed E-state index contributed by atoms with van der Waals surface area (Å²) in [5.74, 6) is 1.25. The number of hydrogen-bond donors (Lipinski definition) is 1. The molecule has 1 unspecified atom stereocenters. The van der Waals surface area contributed by atoms with Crippen molar-refractivity contribution in [1.82, 2.24) is 4.98 Å². The van der Waals surface area contributed by atoms with Gasteiger partial charge in [-0.15, -0.1) is 0 Å². The summed E-state index contributed by atoms with van der Waals surface area (Å²) in [4.78, 5) is 18.9. The number of para-hydroxylation sites is 1. The van der Waals surface area contributed by atoms with Crippen LogP contribution in [0.5, 0.6) is 0 Å². The van der Waals surface area contributed by atoms with Gasteiger partial charge in [0.2, 0.25) is 0 Å². The van der Waals surface area contributed by atoms with Gasteiger partial charge in [-0.25, -0.2) is 4.98 Å². The molecule has 4 nitrogen and oxygen atoms in total. The zero-order valence-corrected chi connectivity index (χ0v) is 12.3. The zero-order valence-electron chi connectivity index (χ0n) is 12.3. The van der Waals surface area contributed by atoms with E-state index >= 15 is 0 Å². The summed E-state index contributed by atoms with van der Waals surface area (Å²) in [6.07, 6.45) is 2.66. The van der Waals surface area contributed by atoms with Gasteiger partial charge in [0.05, 0.1) is 5.56 Å². The van der Waals surface area contributed by atoms with Crippen molar-refractivity contribution in [2.45, 2.75) is 13.3 Å². The number of carbonyl (C=O) groups excluding carboxylic acids is 1. The number of benzene rings is 1. The smallest absolute Gasteiger partial charge is 0.259 e. The molecule has 4 heteroatoms. The van der Waals surface area contributed by atoms with Gasteiger partial charge in [0.15, 0.2) is 0 Å². The third kappa shape index (κ3) is 2.61. The molecular formula is C17H19N3O. The zero-order chi connectivity index (χ0) is 14.8. The minimum atomic E-state index is 0.0177. The van der Waals surface area contributed by atoms with Crippen molar-refractivity contribution < 1.29 is 4.79 Å². The first-order valence-electron chi connectivity index (χ1n) is 7.22. The number of anilines is 2. The number of carbonyl (C=O) groups is 1. The number of rotatable bonds is 2. The minimum absolute atomic E-state index is 0.0177. The van der Waals surface area contributed by atoms with Gasteiger partial charge in [0.25, 0.3) is 5.91 Å². The first-order valence-corrected chi connectivity index (χ1v) is 7.22. The van der Waals surface area contributed by atoms with E-state index in [1.165, 1.54) is 5.56 Å². The van der Waals surface area contributed by atoms with Crippen LogP contribution in [0.25, 0.3) is 0 Å². The second-order valence-electron chi connectivity index (χ2n) is 5.54. The normalized spacial score (nSPS) is 17.2. The highest BCUT2D eigenvalue weighted by molar-refractivity contribution is 6.06. The van der Waals surface area contributed by atoms with E-state index in [1.807, 2.05) is 42.3 Å². The van der Waals surface area contributed by atoms with Crippen LogP contribution in [0.3, 0.4) is 0 Å². The van der Waals surface area contributed by atoms with Crippen LogP contribution >= 0.6 is 0 Å². The summed E-state index contributed by atoms with van der Waals surface area (Å²) >= 11 is 0. The molecule has 21 heavy (non-hydrogen) atoms. The molecule has 1 atom stereocenters. The van der Waals surface area contributed by atoms with Gasteiger partial charge < -0.3 is 10.2 Å². The molecule has 1 aliphatic rings. The molecule has 1 amide bonds. The van der Waals surface area contributed by atoms with Gasteiger partial charge in [-0.2, -0.15) is 0 Å². The molecule has 0 saturated carbocycles. The number of pyridine rings is 1. The number of nitrogens with one attached hydrogen (secondary N) is 1. The lowest BCUT2D eigenvalue weighted by molar-refractivity contribution is 0.0980. The maximum Gasteiger partial charge on any atom is 0.259 e. The lowest BCUT2D eigenvalue weighted by Gasteiger charge is -2.33. The van der Waals surface area contributed by atoms with Crippen molar-refractivity contribution >= 4 is 17.4 Å². The molecule has 1 aromatic carbocycles. The van der Waals surface area contributed by atoms with E-state index in [1.54, 1.807) is 6.20 Å². The van der Waals surface area contributed by atoms with E-state index in [0.717, 1.165) is 24.5 Å². The lowest BCUT2D eigenvalue weighted by Crippen LogP contribution is -2.39. The van der Waals surface area contributed by atoms with Crippen LogP contribution in [0.15, 0.2) is 42.6 Å². The van der Waals surface area contributed by atoms with E-state index in [9.17, 15) is 4.79 Å². The number of hydrogen-bond acceptors (Lipinski definition) is 3. The SMILES string of the molecule is CNc1ccc(C(=O)N2CC(C)Cc3ccccc32)cn1. The van der Waals surface area contributed by atoms with Crippen LogP contribution in [0.2, 0.25) is 0 Å². The van der Waals surface area contributed by atoms with Crippen LogP contribution in [-0.4, -0.2) is 24.5 Å². The molecule has 0 radical (unpaired) electrons. The third-order valence-corrected chi connectivity index (χ3v) is 3.86. The summed E-state index contributed by atoms with van der Waals surface area (Å²) in [5.41, 5.74) is 2.89. The van der Waals surface area contributed by atoms with Crippen molar-refractivity contribution in [3.8, 4) is 0 Å². The Morgan fingerprint density at radius 1 is 1.29 bits per heavy atom. The fourth-order valence-electron chi connectivity index (χ4n) is 2.81. The molecule has 0 bridgehead atoms. The Balaban J connectivity index is 1.93. The van der Waals surface area contributed by atoms with E-state index in [4.69, 9.17) is 0 Å². The first kappa shape index (κ1) is 13.6. The summed E-state index contributed by atoms with van der Waals surface area (Å²) < 4.78 is 0. The monoisotopic (exact) mass is 281 g/mol. The predicted octanol–water partition coefficient (Wildman–Crippen LogP) is 2.96. The van der Waals surface area contributed by atoms with Crippen LogP contribution in [0.1, 0.15) is 22.8 Å². The van der Waals surface area contributed by atoms with Crippen molar-refractivity contribution in [3.63, 3.8) is 0 Å². The third-order valence-electron chi connectivity index (χ3n) is 3.86. The summed E-state index contributed by atoms with van der Waals surface area (Å²) in [6, 6.07) is 11.8. The van der Waals surface area contributed by atoms with E-state index in [-0.39, 0.29) is 5.91 Å². The Morgan fingerprint density at radius 2 is 2.10 bits per heavy atom. The highest BCUT2D eigenvalue weighted by Gasteiger charge is 2.26. The van der Waals surface area contributed by atoms with Gasteiger partial charge in [0.1, 0.15) is 5.82 Å². The average Bonchev–Trinajstić information content (AvgIpc) is 2.53. The van der Waals surface area contributed by atoms with Crippen LogP contribution in [0.4, 0.5) is 11.5 Å². The molecule has 0 spiro atoms. The number of nitrogens with zero attached hydrogens (tertiary/aromatic N) is 2. The van der Waals surface area contributed by atoms with Crippen molar-refractivity contribution in [3.05, 3.63) is 53.7 Å². The van der Waals surface area contributed by atoms with E-state index < -0.39 is 0 Å². The van der Waals surface area contributed by atoms with Crippen LogP contribution in [0, 0.1) is 5.92 Å². The fraction of sp³-hybridized carbons (Fsp3) is 0.294. The van der Waals surface area contributed by atoms with Gasteiger partial charge in [0, 0.05) is 25.5 Å². The highest BCUT2D eigenvalue weighted by atomic mass is 16.2. The fourth-order valence-corrected chi connectivity index (χ4v) is 2.81. The molecule has 1 aliphatic heterocycles. The second-order valence-corrected chi connectivity index (χ2v) is 5.54. The summed E-state index contributed by atoms with van der Waals surface area (Å²) in [7, 11) is 1.81. The molecule has 2 heterocycles. The Hall–Kier alpha value is -2.36. The van der Waals surface area contributed by atoms with Gasteiger partial charge >= 0.3 is 0 Å². The average molecular weight is 281 g/mol. The van der Waals surface area contributed by atoms with E-state index in [0.29, 0.717) is 11.5 Å². The molecule has 2 aromatic rings. The second kappa shape index (κ2) is 5.56. The molecule has 1 aromatic heterocycles. The maximum atomic E-state index is 12.8. The number of fused-ring (bicyclic) bond motifs is 1. The van der Waals surface area contributed by atoms with Gasteiger partial charge in [-0.3, -0.25) is 4.79 Å². The Labute approximate surface area is 124 Å². The molecule has 0 saturated heterocycles. The quantitative estimate of drug-likeness (QED) is 0.920. The molecule has 0 fully saturated rings. The van der Waals surface area contributed by atoms with Gasteiger partial charge in [-0.1, -0.05) is 25.1 Å².